The molecule has 0 saturated heterocycles. The Balaban J connectivity index is 2.43. The van der Waals surface area contributed by atoms with Gasteiger partial charge in [0.2, 0.25) is 11.8 Å². The number of hydrogen-bond donors (Lipinski definition) is 5. The van der Waals surface area contributed by atoms with Crippen LogP contribution >= 0.6 is 0 Å². The second kappa shape index (κ2) is 9.65. The number of fused-ring (bicyclic) bond motifs is 1. The molecule has 1 aromatic heterocycles. The van der Waals surface area contributed by atoms with Crippen molar-refractivity contribution in [2.24, 2.45) is 27.9 Å². The van der Waals surface area contributed by atoms with E-state index in [1.165, 1.54) is 18.2 Å². The number of carbonyl (C=O) groups is 3. The lowest BCUT2D eigenvalue weighted by molar-refractivity contribution is -0.120. The Labute approximate surface area is 171 Å². The first-order chi connectivity index (χ1) is 14.1. The topological polar surface area (TPSA) is 210 Å². The van der Waals surface area contributed by atoms with Gasteiger partial charge in [-0.1, -0.05) is 6.07 Å². The minimum Gasteiger partial charge on any atom is -0.422 e. The van der Waals surface area contributed by atoms with E-state index in [9.17, 15) is 19.2 Å². The molecule has 0 aliphatic heterocycles. The summed E-state index contributed by atoms with van der Waals surface area (Å²) in [4.78, 5) is 52.6. The van der Waals surface area contributed by atoms with Crippen LogP contribution in [0, 0.1) is 6.92 Å². The van der Waals surface area contributed by atoms with Crippen molar-refractivity contribution >= 4 is 34.5 Å². The minimum atomic E-state index is -1.01. The molecule has 0 bridgehead atoms. The lowest BCUT2D eigenvalue weighted by atomic mass is 9.95. The molecule has 0 fully saturated rings. The SMILES string of the molecule is Cc1c(C(=O)[C@H](CCCN=C(N)N)NC(=O)CN)c(=O)oc2cc(C(N)=O)ccc12. The molecule has 1 atom stereocenters. The molecule has 1 heterocycles. The number of nitrogens with zero attached hydrogens (tertiary/aromatic N) is 1. The van der Waals surface area contributed by atoms with E-state index in [4.69, 9.17) is 27.4 Å². The number of carbonyl (C=O) groups excluding carboxylic acids is 3. The van der Waals surface area contributed by atoms with Crippen LogP contribution in [0.1, 0.15) is 39.1 Å². The lowest BCUT2D eigenvalue weighted by Crippen LogP contribution is -2.45. The highest BCUT2D eigenvalue weighted by molar-refractivity contribution is 6.06. The molecule has 1 aromatic carbocycles. The summed E-state index contributed by atoms with van der Waals surface area (Å²) < 4.78 is 5.25. The number of ketones is 1. The number of nitrogens with two attached hydrogens (primary N) is 4. The fourth-order valence-corrected chi connectivity index (χ4v) is 2.99. The van der Waals surface area contributed by atoms with E-state index in [1.807, 2.05) is 0 Å². The zero-order chi connectivity index (χ0) is 22.4. The predicted molar refractivity (Wildman–Crippen MR) is 111 cm³/mol. The quantitative estimate of drug-likeness (QED) is 0.111. The average Bonchev–Trinajstić information content (AvgIpc) is 2.69. The molecule has 0 aliphatic rings. The van der Waals surface area contributed by atoms with Gasteiger partial charge in [-0.15, -0.1) is 0 Å². The van der Waals surface area contributed by atoms with Gasteiger partial charge in [-0.25, -0.2) is 4.79 Å². The first-order valence-electron chi connectivity index (χ1n) is 9.12. The van der Waals surface area contributed by atoms with Crippen molar-refractivity contribution in [3.8, 4) is 0 Å². The fraction of sp³-hybridized carbons (Fsp3) is 0.316. The summed E-state index contributed by atoms with van der Waals surface area (Å²) >= 11 is 0. The highest BCUT2D eigenvalue weighted by Gasteiger charge is 2.27. The molecule has 0 spiro atoms. The van der Waals surface area contributed by atoms with Crippen molar-refractivity contribution in [3.05, 3.63) is 45.3 Å². The summed E-state index contributed by atoms with van der Waals surface area (Å²) in [6.45, 7) is 1.50. The van der Waals surface area contributed by atoms with Gasteiger partial charge in [0.1, 0.15) is 11.1 Å². The largest absolute Gasteiger partial charge is 0.422 e. The Morgan fingerprint density at radius 1 is 1.20 bits per heavy atom. The third-order valence-electron chi connectivity index (χ3n) is 4.48. The number of aliphatic imine (C=N–C) groups is 1. The highest BCUT2D eigenvalue weighted by atomic mass is 16.4. The van der Waals surface area contributed by atoms with Crippen LogP contribution in [0.25, 0.3) is 11.0 Å². The van der Waals surface area contributed by atoms with E-state index >= 15 is 0 Å². The monoisotopic (exact) mass is 416 g/mol. The Bertz CT molecular complexity index is 1070. The van der Waals surface area contributed by atoms with Gasteiger partial charge in [-0.05, 0) is 37.5 Å². The van der Waals surface area contributed by atoms with Gasteiger partial charge in [-0.2, -0.15) is 0 Å². The molecule has 2 aromatic rings. The van der Waals surface area contributed by atoms with Crippen molar-refractivity contribution in [1.29, 1.82) is 0 Å². The normalized spacial score (nSPS) is 11.7. The Hall–Kier alpha value is -3.73. The van der Waals surface area contributed by atoms with Gasteiger partial charge in [0.25, 0.3) is 0 Å². The molecule has 2 amide bonds. The number of guanidine groups is 1. The fourth-order valence-electron chi connectivity index (χ4n) is 2.99. The van der Waals surface area contributed by atoms with E-state index in [2.05, 4.69) is 10.3 Å². The zero-order valence-electron chi connectivity index (χ0n) is 16.4. The molecule has 0 radical (unpaired) electrons. The minimum absolute atomic E-state index is 0.0924. The number of rotatable bonds is 9. The third-order valence-corrected chi connectivity index (χ3v) is 4.48. The van der Waals surface area contributed by atoms with Gasteiger partial charge >= 0.3 is 5.63 Å². The molecular formula is C19H24N6O5. The number of hydrogen-bond acceptors (Lipinski definition) is 7. The standard InChI is InChI=1S/C19H24N6O5/c1-9-11-5-4-10(17(21)28)7-13(11)30-18(29)15(9)16(27)12(25-14(26)8-20)3-2-6-24-19(22)23/h4-5,7,12H,2-3,6,8,20H2,1H3,(H2,21,28)(H,25,26)(H4,22,23,24)/t12-/m0/s1. The van der Waals surface area contributed by atoms with Crippen LogP contribution in [0.4, 0.5) is 0 Å². The summed E-state index contributed by atoms with van der Waals surface area (Å²) in [5.41, 5.74) is 20.7. The Morgan fingerprint density at radius 3 is 2.50 bits per heavy atom. The molecule has 160 valence electrons. The van der Waals surface area contributed by atoms with Crippen LogP contribution in [0.15, 0.2) is 32.4 Å². The van der Waals surface area contributed by atoms with Crippen molar-refractivity contribution in [1.82, 2.24) is 5.32 Å². The van der Waals surface area contributed by atoms with E-state index in [0.29, 0.717) is 17.4 Å². The van der Waals surface area contributed by atoms with Gasteiger partial charge in [0.05, 0.1) is 12.6 Å². The van der Waals surface area contributed by atoms with Crippen LogP contribution in [0.5, 0.6) is 0 Å². The maximum Gasteiger partial charge on any atom is 0.347 e. The predicted octanol–water partition coefficient (Wildman–Crippen LogP) is -1.12. The van der Waals surface area contributed by atoms with Crippen LogP contribution in [-0.2, 0) is 4.79 Å². The number of amides is 2. The van der Waals surface area contributed by atoms with E-state index in [-0.39, 0.29) is 42.2 Å². The van der Waals surface area contributed by atoms with Gasteiger partial charge in [0, 0.05) is 17.5 Å². The number of nitrogens with one attached hydrogen (secondary N) is 1. The maximum absolute atomic E-state index is 13.1. The van der Waals surface area contributed by atoms with Gasteiger partial charge in [-0.3, -0.25) is 19.4 Å². The molecule has 0 aliphatic carbocycles. The number of aryl methyl sites for hydroxylation is 1. The van der Waals surface area contributed by atoms with Crippen molar-refractivity contribution in [2.75, 3.05) is 13.1 Å². The third kappa shape index (κ3) is 5.20. The number of primary amides is 1. The Kier molecular flexibility index (Phi) is 7.26. The zero-order valence-corrected chi connectivity index (χ0v) is 16.4. The lowest BCUT2D eigenvalue weighted by Gasteiger charge is -2.18. The van der Waals surface area contributed by atoms with Crippen molar-refractivity contribution < 1.29 is 18.8 Å². The van der Waals surface area contributed by atoms with Gasteiger partial charge in [0.15, 0.2) is 11.7 Å². The molecule has 9 N–H and O–H groups in total. The summed E-state index contributed by atoms with van der Waals surface area (Å²) in [6, 6.07) is 3.33. The first-order valence-corrected chi connectivity index (χ1v) is 9.12. The summed E-state index contributed by atoms with van der Waals surface area (Å²) in [5.74, 6) is -1.94. The second-order valence-electron chi connectivity index (χ2n) is 6.60. The molecule has 11 heteroatoms. The summed E-state index contributed by atoms with van der Waals surface area (Å²) in [7, 11) is 0. The highest BCUT2D eigenvalue weighted by Crippen LogP contribution is 2.22. The molecule has 30 heavy (non-hydrogen) atoms. The van der Waals surface area contributed by atoms with Gasteiger partial charge < -0.3 is 32.7 Å². The molecule has 0 unspecified atom stereocenters. The van der Waals surface area contributed by atoms with Crippen LogP contribution in [0.2, 0.25) is 0 Å². The van der Waals surface area contributed by atoms with E-state index < -0.39 is 29.3 Å². The van der Waals surface area contributed by atoms with Crippen LogP contribution in [-0.4, -0.2) is 42.7 Å². The first kappa shape index (κ1) is 22.6. The number of benzene rings is 1. The average molecular weight is 416 g/mol. The Morgan fingerprint density at radius 2 is 1.90 bits per heavy atom. The van der Waals surface area contributed by atoms with Crippen LogP contribution in [0.3, 0.4) is 0 Å². The van der Waals surface area contributed by atoms with Crippen LogP contribution < -0.4 is 33.9 Å². The van der Waals surface area contributed by atoms with Crippen molar-refractivity contribution in [2.45, 2.75) is 25.8 Å². The summed E-state index contributed by atoms with van der Waals surface area (Å²) in [5, 5.41) is 2.98. The number of Topliss-reactive ketones (excluding diaryl/α,β-unsaturated/α-hetero) is 1. The summed E-state index contributed by atoms with van der Waals surface area (Å²) in [6.07, 6.45) is 0.554. The smallest absolute Gasteiger partial charge is 0.347 e. The van der Waals surface area contributed by atoms with Crippen molar-refractivity contribution in [3.63, 3.8) is 0 Å². The second-order valence-corrected chi connectivity index (χ2v) is 6.60. The molecular weight excluding hydrogens is 392 g/mol. The maximum atomic E-state index is 13.1. The van der Waals surface area contributed by atoms with E-state index in [1.54, 1.807) is 6.92 Å². The molecule has 11 nitrogen and oxygen atoms in total. The molecule has 2 rings (SSSR count). The van der Waals surface area contributed by atoms with E-state index in [0.717, 1.165) is 0 Å². The molecule has 0 saturated carbocycles.